The van der Waals surface area contributed by atoms with Crippen molar-refractivity contribution in [1.82, 2.24) is 14.9 Å². The number of aryl methyl sites for hydroxylation is 1. The van der Waals surface area contributed by atoms with Gasteiger partial charge in [0.05, 0.1) is 17.6 Å². The molecule has 1 aromatic carbocycles. The molecule has 0 aliphatic rings. The number of fused-ring (bicyclic) bond motifs is 1. The number of amides is 1. The van der Waals surface area contributed by atoms with Crippen LogP contribution >= 0.6 is 0 Å². The van der Waals surface area contributed by atoms with Gasteiger partial charge in [-0.3, -0.25) is 4.79 Å². The van der Waals surface area contributed by atoms with Crippen LogP contribution in [0, 0.1) is 0 Å². The molecule has 0 aliphatic heterocycles. The Morgan fingerprint density at radius 2 is 2.17 bits per heavy atom. The molecule has 0 radical (unpaired) electrons. The largest absolute Gasteiger partial charge is 0.349 e. The first-order valence-corrected chi connectivity index (χ1v) is 6.39. The van der Waals surface area contributed by atoms with E-state index in [-0.39, 0.29) is 5.91 Å². The van der Waals surface area contributed by atoms with Crippen molar-refractivity contribution < 1.29 is 4.79 Å². The molecule has 0 saturated heterocycles. The first kappa shape index (κ1) is 12.6. The standard InChI is InChI=1S/C14H19N3O/c1-3-4-9-14(18)15-10-13-16-11-7-5-6-8-12(11)17(13)2/h5-8H,3-4,9-10H2,1-2H3,(H,15,18). The minimum absolute atomic E-state index is 0.101. The van der Waals surface area contributed by atoms with E-state index in [9.17, 15) is 4.79 Å². The Hall–Kier alpha value is -1.84. The van der Waals surface area contributed by atoms with Gasteiger partial charge in [-0.25, -0.2) is 4.98 Å². The van der Waals surface area contributed by atoms with Crippen LogP contribution < -0.4 is 5.32 Å². The fourth-order valence-electron chi connectivity index (χ4n) is 1.96. The number of nitrogens with one attached hydrogen (secondary N) is 1. The van der Waals surface area contributed by atoms with Crippen LogP contribution in [0.2, 0.25) is 0 Å². The molecular formula is C14H19N3O. The summed E-state index contributed by atoms with van der Waals surface area (Å²) in [4.78, 5) is 16.1. The summed E-state index contributed by atoms with van der Waals surface area (Å²) in [6.07, 6.45) is 2.58. The lowest BCUT2D eigenvalue weighted by molar-refractivity contribution is -0.121. The van der Waals surface area contributed by atoms with Crippen LogP contribution in [0.5, 0.6) is 0 Å². The van der Waals surface area contributed by atoms with E-state index in [1.54, 1.807) is 0 Å². The summed E-state index contributed by atoms with van der Waals surface area (Å²) in [5, 5.41) is 2.91. The van der Waals surface area contributed by atoms with Crippen LogP contribution in [0.25, 0.3) is 11.0 Å². The second kappa shape index (κ2) is 5.67. The van der Waals surface area contributed by atoms with Gasteiger partial charge in [0.15, 0.2) is 0 Å². The van der Waals surface area contributed by atoms with Crippen molar-refractivity contribution in [3.63, 3.8) is 0 Å². The van der Waals surface area contributed by atoms with E-state index in [0.717, 1.165) is 29.7 Å². The Morgan fingerprint density at radius 3 is 2.89 bits per heavy atom. The molecule has 1 aromatic heterocycles. The topological polar surface area (TPSA) is 46.9 Å². The van der Waals surface area contributed by atoms with E-state index in [1.807, 2.05) is 35.9 Å². The van der Waals surface area contributed by atoms with Gasteiger partial charge < -0.3 is 9.88 Å². The highest BCUT2D eigenvalue weighted by Gasteiger charge is 2.08. The lowest BCUT2D eigenvalue weighted by Crippen LogP contribution is -2.23. The molecule has 1 N–H and O–H groups in total. The number of carbonyl (C=O) groups excluding carboxylic acids is 1. The van der Waals surface area contributed by atoms with Crippen molar-refractivity contribution in [2.24, 2.45) is 7.05 Å². The summed E-state index contributed by atoms with van der Waals surface area (Å²) >= 11 is 0. The Morgan fingerprint density at radius 1 is 1.39 bits per heavy atom. The number of carbonyl (C=O) groups is 1. The van der Waals surface area contributed by atoms with Crippen molar-refractivity contribution in [3.8, 4) is 0 Å². The van der Waals surface area contributed by atoms with E-state index < -0.39 is 0 Å². The summed E-state index contributed by atoms with van der Waals surface area (Å²) < 4.78 is 2.02. The molecule has 0 atom stereocenters. The smallest absolute Gasteiger partial charge is 0.220 e. The number of nitrogens with zero attached hydrogens (tertiary/aromatic N) is 2. The van der Waals surface area contributed by atoms with Gasteiger partial charge in [-0.2, -0.15) is 0 Å². The molecule has 1 amide bonds. The number of para-hydroxylation sites is 2. The number of unbranched alkanes of at least 4 members (excludes halogenated alkanes) is 1. The zero-order valence-electron chi connectivity index (χ0n) is 10.9. The molecule has 0 aliphatic carbocycles. The third kappa shape index (κ3) is 2.70. The van der Waals surface area contributed by atoms with E-state index in [0.29, 0.717) is 13.0 Å². The van der Waals surface area contributed by atoms with Crippen molar-refractivity contribution in [2.75, 3.05) is 0 Å². The van der Waals surface area contributed by atoms with Gasteiger partial charge in [-0.15, -0.1) is 0 Å². The molecular weight excluding hydrogens is 226 g/mol. The average molecular weight is 245 g/mol. The molecule has 18 heavy (non-hydrogen) atoms. The van der Waals surface area contributed by atoms with Crippen LogP contribution in [-0.4, -0.2) is 15.5 Å². The Labute approximate surface area is 107 Å². The minimum Gasteiger partial charge on any atom is -0.349 e. The molecule has 0 unspecified atom stereocenters. The highest BCUT2D eigenvalue weighted by Crippen LogP contribution is 2.13. The van der Waals surface area contributed by atoms with Crippen molar-refractivity contribution in [1.29, 1.82) is 0 Å². The van der Waals surface area contributed by atoms with E-state index in [1.165, 1.54) is 0 Å². The maximum absolute atomic E-state index is 11.6. The van der Waals surface area contributed by atoms with Crippen LogP contribution in [0.1, 0.15) is 32.0 Å². The molecule has 0 saturated carbocycles. The first-order chi connectivity index (χ1) is 8.72. The van der Waals surface area contributed by atoms with Gasteiger partial charge in [0.2, 0.25) is 5.91 Å². The Bertz CT molecular complexity index is 545. The van der Waals surface area contributed by atoms with Crippen molar-refractivity contribution in [2.45, 2.75) is 32.7 Å². The maximum Gasteiger partial charge on any atom is 0.220 e. The van der Waals surface area contributed by atoms with Gasteiger partial charge >= 0.3 is 0 Å². The lowest BCUT2D eigenvalue weighted by Gasteiger charge is -2.05. The molecule has 0 fully saturated rings. The molecule has 0 bridgehead atoms. The summed E-state index contributed by atoms with van der Waals surface area (Å²) in [5.41, 5.74) is 2.06. The van der Waals surface area contributed by atoms with E-state index >= 15 is 0 Å². The third-order valence-electron chi connectivity index (χ3n) is 3.08. The SMILES string of the molecule is CCCCC(=O)NCc1nc2ccccc2n1C. The third-order valence-corrected chi connectivity index (χ3v) is 3.08. The normalized spacial score (nSPS) is 10.8. The van der Waals surface area contributed by atoms with Gasteiger partial charge in [0.25, 0.3) is 0 Å². The molecule has 2 aromatic rings. The zero-order chi connectivity index (χ0) is 13.0. The fraction of sp³-hybridized carbons (Fsp3) is 0.429. The number of hydrogen-bond donors (Lipinski definition) is 1. The molecule has 4 nitrogen and oxygen atoms in total. The summed E-state index contributed by atoms with van der Waals surface area (Å²) in [5.74, 6) is 0.991. The van der Waals surface area contributed by atoms with E-state index in [4.69, 9.17) is 0 Å². The Kier molecular flexibility index (Phi) is 3.97. The highest BCUT2D eigenvalue weighted by molar-refractivity contribution is 5.77. The minimum atomic E-state index is 0.101. The number of benzene rings is 1. The second-order valence-corrected chi connectivity index (χ2v) is 4.46. The first-order valence-electron chi connectivity index (χ1n) is 6.39. The van der Waals surface area contributed by atoms with Crippen molar-refractivity contribution in [3.05, 3.63) is 30.1 Å². The van der Waals surface area contributed by atoms with Crippen molar-refractivity contribution >= 4 is 16.9 Å². The Balaban J connectivity index is 2.03. The van der Waals surface area contributed by atoms with Gasteiger partial charge in [0.1, 0.15) is 5.82 Å². The van der Waals surface area contributed by atoms with Crippen LogP contribution in [0.3, 0.4) is 0 Å². The molecule has 2 rings (SSSR count). The quantitative estimate of drug-likeness (QED) is 0.879. The summed E-state index contributed by atoms with van der Waals surface area (Å²) in [6.45, 7) is 2.58. The number of hydrogen-bond acceptors (Lipinski definition) is 2. The van der Waals surface area contributed by atoms with Gasteiger partial charge in [-0.05, 0) is 18.6 Å². The van der Waals surface area contributed by atoms with E-state index in [2.05, 4.69) is 17.2 Å². The van der Waals surface area contributed by atoms with Gasteiger partial charge in [0, 0.05) is 13.5 Å². The second-order valence-electron chi connectivity index (χ2n) is 4.46. The molecule has 1 heterocycles. The average Bonchev–Trinajstić information content (AvgIpc) is 2.71. The molecule has 0 spiro atoms. The predicted molar refractivity (Wildman–Crippen MR) is 72.1 cm³/mol. The fourth-order valence-corrected chi connectivity index (χ4v) is 1.96. The molecule has 4 heteroatoms. The predicted octanol–water partition coefficient (Wildman–Crippen LogP) is 2.38. The van der Waals surface area contributed by atoms with Crippen LogP contribution in [-0.2, 0) is 18.4 Å². The molecule has 96 valence electrons. The monoisotopic (exact) mass is 245 g/mol. The summed E-state index contributed by atoms with van der Waals surface area (Å²) in [6, 6.07) is 7.98. The number of imidazole rings is 1. The highest BCUT2D eigenvalue weighted by atomic mass is 16.1. The number of rotatable bonds is 5. The maximum atomic E-state index is 11.6. The number of aromatic nitrogens is 2. The lowest BCUT2D eigenvalue weighted by atomic mass is 10.2. The van der Waals surface area contributed by atoms with Gasteiger partial charge in [-0.1, -0.05) is 25.5 Å². The zero-order valence-corrected chi connectivity index (χ0v) is 10.9. The summed E-state index contributed by atoms with van der Waals surface area (Å²) in [7, 11) is 1.98. The van der Waals surface area contributed by atoms with Crippen LogP contribution in [0.15, 0.2) is 24.3 Å². The van der Waals surface area contributed by atoms with Crippen LogP contribution in [0.4, 0.5) is 0 Å².